The lowest BCUT2D eigenvalue weighted by Gasteiger charge is -2.37. The fourth-order valence-corrected chi connectivity index (χ4v) is 4.03. The van der Waals surface area contributed by atoms with Crippen LogP contribution >= 0.6 is 12.2 Å². The predicted molar refractivity (Wildman–Crippen MR) is 130 cm³/mol. The van der Waals surface area contributed by atoms with Crippen molar-refractivity contribution < 1.29 is 14.3 Å². The number of thiocarbonyl (C=S) groups is 1. The maximum Gasteiger partial charge on any atom is 0.338 e. The molecular formula is C24H28N4O3S. The Morgan fingerprint density at radius 2 is 1.75 bits per heavy atom. The van der Waals surface area contributed by atoms with Crippen molar-refractivity contribution >= 4 is 40.7 Å². The van der Waals surface area contributed by atoms with Gasteiger partial charge in [-0.05, 0) is 69.2 Å². The number of nitrogens with zero attached hydrogens (tertiary/aromatic N) is 1. The number of carbonyl (C=O) groups excluding carboxylic acids is 2. The topological polar surface area (TPSA) is 82.7 Å². The number of ether oxygens (including phenoxy) is 1. The number of benzene rings is 2. The number of rotatable bonds is 6. The molecule has 0 radical (unpaired) electrons. The quantitative estimate of drug-likeness (QED) is 0.434. The van der Waals surface area contributed by atoms with Crippen LogP contribution in [-0.2, 0) is 9.53 Å². The SMILES string of the molecule is CCOC(=O)C1=C(C)N(CC)C(=S)NC1c1ccc(NC(=O)Nc2ccccc2C)cc1. The van der Waals surface area contributed by atoms with Gasteiger partial charge in [0.2, 0.25) is 0 Å². The van der Waals surface area contributed by atoms with E-state index in [-0.39, 0.29) is 18.6 Å². The Hall–Kier alpha value is -3.39. The summed E-state index contributed by atoms with van der Waals surface area (Å²) >= 11 is 5.50. The summed E-state index contributed by atoms with van der Waals surface area (Å²) in [6, 6.07) is 14.1. The highest BCUT2D eigenvalue weighted by Gasteiger charge is 2.34. The highest BCUT2D eigenvalue weighted by atomic mass is 32.1. The zero-order valence-electron chi connectivity index (χ0n) is 18.7. The number of urea groups is 1. The lowest BCUT2D eigenvalue weighted by molar-refractivity contribution is -0.139. The predicted octanol–water partition coefficient (Wildman–Crippen LogP) is 4.73. The van der Waals surface area contributed by atoms with E-state index in [0.717, 1.165) is 22.5 Å². The maximum atomic E-state index is 12.7. The standard InChI is InChI=1S/C24H28N4O3S/c1-5-28-16(4)20(22(29)31-6-2)21(27-24(28)32)17-11-13-18(14-12-17)25-23(30)26-19-10-8-7-9-15(19)3/h7-14,21H,5-6H2,1-4H3,(H,27,32)(H2,25,26,30). The van der Waals surface area contributed by atoms with Crippen molar-refractivity contribution in [3.05, 3.63) is 70.9 Å². The number of aryl methyl sites for hydroxylation is 1. The fourth-order valence-electron chi connectivity index (χ4n) is 3.64. The van der Waals surface area contributed by atoms with Crippen LogP contribution in [0.25, 0.3) is 0 Å². The Balaban J connectivity index is 1.79. The molecule has 0 aliphatic carbocycles. The average molecular weight is 453 g/mol. The van der Waals surface area contributed by atoms with E-state index >= 15 is 0 Å². The first-order valence-corrected chi connectivity index (χ1v) is 11.0. The second kappa shape index (κ2) is 10.3. The van der Waals surface area contributed by atoms with E-state index in [1.54, 1.807) is 19.1 Å². The smallest absolute Gasteiger partial charge is 0.338 e. The van der Waals surface area contributed by atoms with Crippen molar-refractivity contribution in [3.8, 4) is 0 Å². The highest BCUT2D eigenvalue weighted by molar-refractivity contribution is 7.80. The van der Waals surface area contributed by atoms with Crippen LogP contribution in [0.4, 0.5) is 16.2 Å². The Kier molecular flexibility index (Phi) is 7.48. The Bertz CT molecular complexity index is 1050. The Morgan fingerprint density at radius 1 is 1.06 bits per heavy atom. The summed E-state index contributed by atoms with van der Waals surface area (Å²) in [4.78, 5) is 27.0. The van der Waals surface area contributed by atoms with Crippen LogP contribution in [0.5, 0.6) is 0 Å². The molecule has 1 atom stereocenters. The summed E-state index contributed by atoms with van der Waals surface area (Å²) in [5, 5.41) is 9.48. The third-order valence-electron chi connectivity index (χ3n) is 5.30. The van der Waals surface area contributed by atoms with Crippen molar-refractivity contribution in [2.45, 2.75) is 33.7 Å². The molecule has 7 nitrogen and oxygen atoms in total. The van der Waals surface area contributed by atoms with E-state index < -0.39 is 6.04 Å². The van der Waals surface area contributed by atoms with Crippen LogP contribution in [0.1, 0.15) is 37.9 Å². The number of para-hydroxylation sites is 1. The minimum atomic E-state index is -0.431. The van der Waals surface area contributed by atoms with E-state index in [4.69, 9.17) is 17.0 Å². The normalized spacial score (nSPS) is 15.8. The summed E-state index contributed by atoms with van der Waals surface area (Å²) in [5.74, 6) is -0.372. The largest absolute Gasteiger partial charge is 0.463 e. The van der Waals surface area contributed by atoms with Gasteiger partial charge in [0.1, 0.15) is 0 Å². The van der Waals surface area contributed by atoms with E-state index in [1.807, 2.05) is 62.1 Å². The molecule has 0 fully saturated rings. The van der Waals surface area contributed by atoms with E-state index in [1.165, 1.54) is 0 Å². The molecule has 2 amide bonds. The third-order valence-corrected chi connectivity index (χ3v) is 5.64. The Morgan fingerprint density at radius 3 is 2.38 bits per heavy atom. The second-order valence-corrected chi connectivity index (χ2v) is 7.75. The molecule has 8 heteroatoms. The zero-order chi connectivity index (χ0) is 23.3. The van der Waals surface area contributed by atoms with Gasteiger partial charge in [-0.15, -0.1) is 0 Å². The van der Waals surface area contributed by atoms with E-state index in [9.17, 15) is 9.59 Å². The highest BCUT2D eigenvalue weighted by Crippen LogP contribution is 2.32. The molecule has 168 valence electrons. The molecule has 0 saturated heterocycles. The van der Waals surface area contributed by atoms with Crippen LogP contribution in [0.2, 0.25) is 0 Å². The summed E-state index contributed by atoms with van der Waals surface area (Å²) in [7, 11) is 0. The number of anilines is 2. The van der Waals surface area contributed by atoms with Crippen molar-refractivity contribution in [1.29, 1.82) is 0 Å². The molecule has 2 aromatic carbocycles. The summed E-state index contributed by atoms with van der Waals surface area (Å²) in [6.45, 7) is 8.50. The third kappa shape index (κ3) is 5.08. The molecule has 1 aliphatic rings. The molecule has 3 N–H and O–H groups in total. The molecule has 32 heavy (non-hydrogen) atoms. The number of allylic oxidation sites excluding steroid dienone is 1. The van der Waals surface area contributed by atoms with Crippen LogP contribution in [-0.4, -0.2) is 35.2 Å². The molecule has 1 aliphatic heterocycles. The number of esters is 1. The van der Waals surface area contributed by atoms with Gasteiger partial charge in [-0.25, -0.2) is 9.59 Å². The number of hydrogen-bond acceptors (Lipinski definition) is 4. The number of carbonyl (C=O) groups is 2. The number of nitrogens with one attached hydrogen (secondary N) is 3. The molecule has 1 unspecified atom stereocenters. The van der Waals surface area contributed by atoms with Crippen molar-refractivity contribution in [2.24, 2.45) is 0 Å². The zero-order valence-corrected chi connectivity index (χ0v) is 19.5. The van der Waals surface area contributed by atoms with Gasteiger partial charge in [0.15, 0.2) is 5.11 Å². The van der Waals surface area contributed by atoms with Gasteiger partial charge in [-0.3, -0.25) is 0 Å². The fraction of sp³-hybridized carbons (Fsp3) is 0.292. The minimum Gasteiger partial charge on any atom is -0.463 e. The van der Waals surface area contributed by atoms with Crippen LogP contribution in [0, 0.1) is 6.92 Å². The van der Waals surface area contributed by atoms with Crippen LogP contribution in [0.3, 0.4) is 0 Å². The van der Waals surface area contributed by atoms with Gasteiger partial charge < -0.3 is 25.6 Å². The van der Waals surface area contributed by atoms with Gasteiger partial charge in [0, 0.05) is 23.6 Å². The number of hydrogen-bond donors (Lipinski definition) is 3. The molecule has 0 saturated carbocycles. The minimum absolute atomic E-state index is 0.289. The van der Waals surface area contributed by atoms with Crippen LogP contribution < -0.4 is 16.0 Å². The van der Waals surface area contributed by atoms with Crippen LogP contribution in [0.15, 0.2) is 59.8 Å². The molecular weight excluding hydrogens is 424 g/mol. The first-order chi connectivity index (χ1) is 15.3. The first kappa shape index (κ1) is 23.3. The molecule has 2 aromatic rings. The van der Waals surface area contributed by atoms with Gasteiger partial charge in [-0.2, -0.15) is 0 Å². The van der Waals surface area contributed by atoms with Crippen molar-refractivity contribution in [1.82, 2.24) is 10.2 Å². The summed E-state index contributed by atoms with van der Waals surface area (Å²) in [5.41, 5.74) is 4.51. The monoisotopic (exact) mass is 452 g/mol. The molecule has 3 rings (SSSR count). The van der Waals surface area contributed by atoms with Gasteiger partial charge >= 0.3 is 12.0 Å². The molecule has 0 spiro atoms. The molecule has 0 aromatic heterocycles. The van der Waals surface area contributed by atoms with Crippen molar-refractivity contribution in [2.75, 3.05) is 23.8 Å². The molecule has 1 heterocycles. The van der Waals surface area contributed by atoms with Gasteiger partial charge in [0.25, 0.3) is 0 Å². The van der Waals surface area contributed by atoms with Gasteiger partial charge in [0.05, 0.1) is 18.2 Å². The lowest BCUT2D eigenvalue weighted by atomic mass is 9.95. The molecule has 0 bridgehead atoms. The summed E-state index contributed by atoms with van der Waals surface area (Å²) in [6.07, 6.45) is 0. The second-order valence-electron chi connectivity index (χ2n) is 7.36. The number of amides is 2. The van der Waals surface area contributed by atoms with E-state index in [2.05, 4.69) is 16.0 Å². The maximum absolute atomic E-state index is 12.7. The van der Waals surface area contributed by atoms with Crippen molar-refractivity contribution in [3.63, 3.8) is 0 Å². The lowest BCUT2D eigenvalue weighted by Crippen LogP contribution is -2.47. The van der Waals surface area contributed by atoms with Gasteiger partial charge in [-0.1, -0.05) is 30.3 Å². The first-order valence-electron chi connectivity index (χ1n) is 10.5. The van der Waals surface area contributed by atoms with E-state index in [0.29, 0.717) is 22.9 Å². The Labute approximate surface area is 193 Å². The average Bonchev–Trinajstić information content (AvgIpc) is 2.76. The summed E-state index contributed by atoms with van der Waals surface area (Å²) < 4.78 is 5.30.